The first-order valence-electron chi connectivity index (χ1n) is 6.94. The fraction of sp³-hybridized carbons (Fsp3) is 0.118. The van der Waals surface area contributed by atoms with Gasteiger partial charge in [0.05, 0.1) is 16.9 Å². The molecule has 3 rings (SSSR count). The molecule has 6 heteroatoms. The number of rotatable bonds is 2. The van der Waals surface area contributed by atoms with Gasteiger partial charge in [-0.05, 0) is 29.8 Å². The van der Waals surface area contributed by atoms with E-state index < -0.39 is 11.7 Å². The lowest BCUT2D eigenvalue weighted by molar-refractivity contribution is -0.137. The molecule has 0 fully saturated rings. The van der Waals surface area contributed by atoms with Gasteiger partial charge in [-0.1, -0.05) is 24.3 Å². The van der Waals surface area contributed by atoms with Gasteiger partial charge in [-0.15, -0.1) is 0 Å². The van der Waals surface area contributed by atoms with Crippen molar-refractivity contribution in [1.29, 1.82) is 0 Å². The van der Waals surface area contributed by atoms with Gasteiger partial charge in [0.15, 0.2) is 0 Å². The lowest BCUT2D eigenvalue weighted by atomic mass is 10.1. The quantitative estimate of drug-likeness (QED) is 0.901. The maximum absolute atomic E-state index is 12.6. The van der Waals surface area contributed by atoms with E-state index in [1.54, 1.807) is 18.3 Å². The molecule has 0 aliphatic carbocycles. The fourth-order valence-electron chi connectivity index (χ4n) is 2.38. The molecule has 23 heavy (non-hydrogen) atoms. The van der Waals surface area contributed by atoms with E-state index in [4.69, 9.17) is 0 Å². The second kappa shape index (κ2) is 5.79. The molecular formula is C17H13F3N2O. The van der Waals surface area contributed by atoms with Crippen LogP contribution in [0.25, 0.3) is 0 Å². The third-order valence-corrected chi connectivity index (χ3v) is 3.51. The minimum absolute atomic E-state index is 0.243. The Morgan fingerprint density at radius 1 is 1.00 bits per heavy atom. The standard InChI is InChI=1S/C17H13F3N2O/c18-17(19,20)13-7-5-12(6-8-13)11-22-10-9-16(23)21-14-3-1-2-4-15(14)22/h1-10H,11H2,(H,21,23). The topological polar surface area (TPSA) is 32.3 Å². The molecule has 2 aromatic carbocycles. The summed E-state index contributed by atoms with van der Waals surface area (Å²) in [7, 11) is 0. The second-order valence-corrected chi connectivity index (χ2v) is 5.14. The fourth-order valence-corrected chi connectivity index (χ4v) is 2.38. The summed E-state index contributed by atoms with van der Waals surface area (Å²) in [5.74, 6) is -0.243. The SMILES string of the molecule is O=C1C=CN(Cc2ccc(C(F)(F)F)cc2)c2ccccc2N1. The number of anilines is 2. The molecule has 0 aromatic heterocycles. The normalized spacial score (nSPS) is 14.2. The van der Waals surface area contributed by atoms with Gasteiger partial charge in [-0.2, -0.15) is 13.2 Å². The van der Waals surface area contributed by atoms with Crippen molar-refractivity contribution in [3.8, 4) is 0 Å². The molecule has 1 heterocycles. The Morgan fingerprint density at radius 3 is 2.39 bits per heavy atom. The van der Waals surface area contributed by atoms with E-state index in [0.29, 0.717) is 17.8 Å². The average Bonchev–Trinajstić information content (AvgIpc) is 2.66. The first-order valence-corrected chi connectivity index (χ1v) is 6.94. The number of fused-ring (bicyclic) bond motifs is 1. The summed E-state index contributed by atoms with van der Waals surface area (Å²) < 4.78 is 37.8. The molecule has 1 amide bonds. The number of benzene rings is 2. The Hall–Kier alpha value is -2.76. The Morgan fingerprint density at radius 2 is 1.70 bits per heavy atom. The summed E-state index contributed by atoms with van der Waals surface area (Å²) in [5, 5.41) is 2.75. The van der Waals surface area contributed by atoms with E-state index in [2.05, 4.69) is 5.32 Å². The molecule has 0 saturated carbocycles. The van der Waals surface area contributed by atoms with Crippen molar-refractivity contribution >= 4 is 17.3 Å². The minimum atomic E-state index is -4.34. The Labute approximate surface area is 131 Å². The molecule has 0 unspecified atom stereocenters. The zero-order valence-electron chi connectivity index (χ0n) is 12.0. The van der Waals surface area contributed by atoms with Crippen molar-refractivity contribution in [2.45, 2.75) is 12.7 Å². The van der Waals surface area contributed by atoms with Crippen LogP contribution < -0.4 is 10.2 Å². The van der Waals surface area contributed by atoms with Gasteiger partial charge in [0.1, 0.15) is 0 Å². The number of carbonyl (C=O) groups excluding carboxylic acids is 1. The molecule has 0 atom stereocenters. The molecule has 1 aliphatic rings. The van der Waals surface area contributed by atoms with Gasteiger partial charge in [0.2, 0.25) is 5.91 Å². The summed E-state index contributed by atoms with van der Waals surface area (Å²) in [6.45, 7) is 0.362. The second-order valence-electron chi connectivity index (χ2n) is 5.14. The first-order chi connectivity index (χ1) is 10.9. The Bertz CT molecular complexity index is 751. The molecule has 0 radical (unpaired) electrons. The van der Waals surface area contributed by atoms with Crippen LogP contribution in [0.5, 0.6) is 0 Å². The van der Waals surface area contributed by atoms with Crippen LogP contribution in [0, 0.1) is 0 Å². The number of halogens is 3. The third kappa shape index (κ3) is 3.36. The summed E-state index contributed by atoms with van der Waals surface area (Å²) in [5.41, 5.74) is 1.49. The van der Waals surface area contributed by atoms with E-state index in [0.717, 1.165) is 17.8 Å². The highest BCUT2D eigenvalue weighted by molar-refractivity contribution is 6.03. The highest BCUT2D eigenvalue weighted by Crippen LogP contribution is 2.31. The molecule has 0 spiro atoms. The van der Waals surface area contributed by atoms with Crippen molar-refractivity contribution in [3.05, 3.63) is 71.9 Å². The smallest absolute Gasteiger partial charge is 0.342 e. The first kappa shape index (κ1) is 15.1. The predicted octanol–water partition coefficient (Wildman–Crippen LogP) is 4.18. The number of para-hydroxylation sites is 2. The van der Waals surface area contributed by atoms with Crippen LogP contribution in [-0.2, 0) is 17.5 Å². The van der Waals surface area contributed by atoms with E-state index in [1.807, 2.05) is 17.0 Å². The zero-order valence-corrected chi connectivity index (χ0v) is 12.0. The zero-order chi connectivity index (χ0) is 16.4. The molecule has 118 valence electrons. The van der Waals surface area contributed by atoms with Crippen LogP contribution in [0.1, 0.15) is 11.1 Å². The number of nitrogens with one attached hydrogen (secondary N) is 1. The van der Waals surface area contributed by atoms with Crippen molar-refractivity contribution < 1.29 is 18.0 Å². The lowest BCUT2D eigenvalue weighted by Crippen LogP contribution is -2.15. The largest absolute Gasteiger partial charge is 0.416 e. The number of hydrogen-bond acceptors (Lipinski definition) is 2. The van der Waals surface area contributed by atoms with Crippen molar-refractivity contribution in [2.75, 3.05) is 10.2 Å². The Balaban J connectivity index is 1.87. The number of amides is 1. The van der Waals surface area contributed by atoms with Gasteiger partial charge in [0.25, 0.3) is 0 Å². The summed E-state index contributed by atoms with van der Waals surface area (Å²) in [6, 6.07) is 12.3. The van der Waals surface area contributed by atoms with Crippen LogP contribution in [-0.4, -0.2) is 5.91 Å². The molecule has 2 aromatic rings. The van der Waals surface area contributed by atoms with Crippen molar-refractivity contribution in [2.24, 2.45) is 0 Å². The predicted molar refractivity (Wildman–Crippen MR) is 81.8 cm³/mol. The maximum Gasteiger partial charge on any atom is 0.416 e. The van der Waals surface area contributed by atoms with Crippen molar-refractivity contribution in [1.82, 2.24) is 0 Å². The maximum atomic E-state index is 12.6. The Kier molecular flexibility index (Phi) is 3.82. The van der Waals surface area contributed by atoms with Crippen molar-refractivity contribution in [3.63, 3.8) is 0 Å². The molecular weight excluding hydrogens is 305 g/mol. The van der Waals surface area contributed by atoms with Gasteiger partial charge in [-0.25, -0.2) is 0 Å². The van der Waals surface area contributed by atoms with E-state index in [1.165, 1.54) is 18.2 Å². The van der Waals surface area contributed by atoms with Gasteiger partial charge in [0, 0.05) is 18.8 Å². The molecule has 0 bridgehead atoms. The van der Waals surface area contributed by atoms with Crippen LogP contribution in [0.15, 0.2) is 60.8 Å². The van der Waals surface area contributed by atoms with Crippen LogP contribution in [0.4, 0.5) is 24.5 Å². The molecule has 1 N–H and O–H groups in total. The number of carbonyl (C=O) groups is 1. The van der Waals surface area contributed by atoms with Gasteiger partial charge >= 0.3 is 6.18 Å². The van der Waals surface area contributed by atoms with E-state index in [9.17, 15) is 18.0 Å². The highest BCUT2D eigenvalue weighted by atomic mass is 19.4. The number of hydrogen-bond donors (Lipinski definition) is 1. The summed E-state index contributed by atoms with van der Waals surface area (Å²) in [6.07, 6.45) is -1.33. The highest BCUT2D eigenvalue weighted by Gasteiger charge is 2.30. The monoisotopic (exact) mass is 318 g/mol. The lowest BCUT2D eigenvalue weighted by Gasteiger charge is -2.21. The number of alkyl halides is 3. The average molecular weight is 318 g/mol. The van der Waals surface area contributed by atoms with Crippen LogP contribution in [0.3, 0.4) is 0 Å². The van der Waals surface area contributed by atoms with Gasteiger partial charge < -0.3 is 10.2 Å². The van der Waals surface area contributed by atoms with Gasteiger partial charge in [-0.3, -0.25) is 4.79 Å². The van der Waals surface area contributed by atoms with E-state index in [-0.39, 0.29) is 5.91 Å². The summed E-state index contributed by atoms with van der Waals surface area (Å²) in [4.78, 5) is 13.5. The van der Waals surface area contributed by atoms with E-state index >= 15 is 0 Å². The molecule has 1 aliphatic heterocycles. The molecule has 3 nitrogen and oxygen atoms in total. The summed E-state index contributed by atoms with van der Waals surface area (Å²) >= 11 is 0. The minimum Gasteiger partial charge on any atom is -0.342 e. The van der Waals surface area contributed by atoms with Crippen LogP contribution in [0.2, 0.25) is 0 Å². The number of nitrogens with zero attached hydrogens (tertiary/aromatic N) is 1. The third-order valence-electron chi connectivity index (χ3n) is 3.51. The van der Waals surface area contributed by atoms with Crippen LogP contribution >= 0.6 is 0 Å². The molecule has 0 saturated heterocycles.